The molecule has 1 saturated carbocycles. The fraction of sp³-hybridized carbons (Fsp3) is 0.600. The van der Waals surface area contributed by atoms with E-state index in [2.05, 4.69) is 20.7 Å². The summed E-state index contributed by atoms with van der Waals surface area (Å²) in [6.45, 7) is 0. The number of nitrogens with one attached hydrogen (secondary N) is 2. The first-order valence-corrected chi connectivity index (χ1v) is 5.54. The number of hydrazine groups is 1. The van der Waals surface area contributed by atoms with Crippen LogP contribution in [0.25, 0.3) is 0 Å². The van der Waals surface area contributed by atoms with Crippen LogP contribution in [0.3, 0.4) is 0 Å². The zero-order chi connectivity index (χ0) is 11.4. The summed E-state index contributed by atoms with van der Waals surface area (Å²) in [5.74, 6) is 6.29. The quantitative estimate of drug-likeness (QED) is 0.439. The van der Waals surface area contributed by atoms with Gasteiger partial charge in [-0.1, -0.05) is 12.8 Å². The Balaban J connectivity index is 2.01. The first-order valence-electron chi connectivity index (χ1n) is 5.54. The molecule has 6 nitrogen and oxygen atoms in total. The third-order valence-electron chi connectivity index (χ3n) is 2.85. The van der Waals surface area contributed by atoms with E-state index < -0.39 is 0 Å². The maximum absolute atomic E-state index is 9.81. The molecule has 0 amide bonds. The van der Waals surface area contributed by atoms with Crippen LogP contribution in [0, 0.1) is 0 Å². The van der Waals surface area contributed by atoms with Gasteiger partial charge in [0.2, 0.25) is 5.95 Å². The fourth-order valence-corrected chi connectivity index (χ4v) is 1.98. The van der Waals surface area contributed by atoms with Gasteiger partial charge < -0.3 is 10.4 Å². The summed E-state index contributed by atoms with van der Waals surface area (Å²) in [5, 5.41) is 13.0. The molecule has 1 fully saturated rings. The number of aliphatic hydroxyl groups excluding tert-OH is 1. The Morgan fingerprint density at radius 1 is 1.38 bits per heavy atom. The molecule has 0 spiro atoms. The molecule has 2 unspecified atom stereocenters. The van der Waals surface area contributed by atoms with Gasteiger partial charge in [-0.25, -0.2) is 10.8 Å². The average molecular weight is 223 g/mol. The minimum atomic E-state index is -0.294. The number of rotatable bonds is 3. The lowest BCUT2D eigenvalue weighted by molar-refractivity contribution is 0.116. The molecule has 88 valence electrons. The second kappa shape index (κ2) is 5.09. The van der Waals surface area contributed by atoms with Crippen molar-refractivity contribution in [3.63, 3.8) is 0 Å². The summed E-state index contributed by atoms with van der Waals surface area (Å²) in [6.07, 6.45) is 5.39. The lowest BCUT2D eigenvalue weighted by Crippen LogP contribution is -2.36. The summed E-state index contributed by atoms with van der Waals surface area (Å²) < 4.78 is 0. The van der Waals surface area contributed by atoms with Crippen LogP contribution in [0.15, 0.2) is 12.3 Å². The van der Waals surface area contributed by atoms with Gasteiger partial charge in [-0.05, 0) is 18.9 Å². The van der Waals surface area contributed by atoms with E-state index in [1.165, 1.54) is 0 Å². The van der Waals surface area contributed by atoms with Crippen LogP contribution in [0.1, 0.15) is 25.7 Å². The number of nitrogens with zero attached hydrogens (tertiary/aromatic N) is 2. The molecule has 0 bridgehead atoms. The van der Waals surface area contributed by atoms with Crippen molar-refractivity contribution in [3.05, 3.63) is 12.3 Å². The van der Waals surface area contributed by atoms with Crippen LogP contribution in [0.2, 0.25) is 0 Å². The molecule has 2 rings (SSSR count). The zero-order valence-corrected chi connectivity index (χ0v) is 9.06. The Morgan fingerprint density at radius 2 is 2.19 bits per heavy atom. The van der Waals surface area contributed by atoms with Crippen molar-refractivity contribution in [1.82, 2.24) is 9.97 Å². The largest absolute Gasteiger partial charge is 0.391 e. The van der Waals surface area contributed by atoms with Gasteiger partial charge in [-0.3, -0.25) is 5.43 Å². The summed E-state index contributed by atoms with van der Waals surface area (Å²) in [5.41, 5.74) is 2.39. The second-order valence-electron chi connectivity index (χ2n) is 4.01. The highest BCUT2D eigenvalue weighted by Gasteiger charge is 2.22. The van der Waals surface area contributed by atoms with Crippen LogP contribution in [0.4, 0.5) is 11.8 Å². The predicted molar refractivity (Wildman–Crippen MR) is 61.7 cm³/mol. The van der Waals surface area contributed by atoms with Crippen LogP contribution in [0.5, 0.6) is 0 Å². The van der Waals surface area contributed by atoms with E-state index in [0.717, 1.165) is 25.7 Å². The van der Waals surface area contributed by atoms with E-state index in [0.29, 0.717) is 11.8 Å². The fourth-order valence-electron chi connectivity index (χ4n) is 1.98. The predicted octanol–water partition coefficient (Wildman–Crippen LogP) is 0.478. The molecule has 1 aromatic rings. The lowest BCUT2D eigenvalue weighted by atomic mass is 9.93. The van der Waals surface area contributed by atoms with Crippen LogP contribution in [-0.2, 0) is 0 Å². The van der Waals surface area contributed by atoms with Crippen molar-refractivity contribution in [2.75, 3.05) is 10.7 Å². The van der Waals surface area contributed by atoms with E-state index in [1.54, 1.807) is 12.3 Å². The Bertz CT molecular complexity index is 346. The van der Waals surface area contributed by atoms with Crippen molar-refractivity contribution in [2.45, 2.75) is 37.8 Å². The van der Waals surface area contributed by atoms with Gasteiger partial charge in [0.1, 0.15) is 5.82 Å². The molecule has 16 heavy (non-hydrogen) atoms. The van der Waals surface area contributed by atoms with Crippen LogP contribution in [-0.4, -0.2) is 27.2 Å². The number of hydrogen-bond donors (Lipinski definition) is 4. The monoisotopic (exact) mass is 223 g/mol. The number of aromatic nitrogens is 2. The minimum Gasteiger partial charge on any atom is -0.391 e. The van der Waals surface area contributed by atoms with Crippen molar-refractivity contribution in [3.8, 4) is 0 Å². The van der Waals surface area contributed by atoms with Gasteiger partial charge in [0.05, 0.1) is 12.1 Å². The van der Waals surface area contributed by atoms with Gasteiger partial charge in [-0.2, -0.15) is 4.98 Å². The SMILES string of the molecule is NNc1nccc(NC2CCCCC2O)n1. The Kier molecular flexibility index (Phi) is 3.53. The third-order valence-corrected chi connectivity index (χ3v) is 2.85. The molecule has 1 aliphatic carbocycles. The number of aliphatic hydroxyl groups is 1. The van der Waals surface area contributed by atoms with Gasteiger partial charge in [0.25, 0.3) is 0 Å². The Hall–Kier alpha value is -1.40. The molecule has 0 saturated heterocycles. The molecule has 1 heterocycles. The van der Waals surface area contributed by atoms with E-state index in [9.17, 15) is 5.11 Å². The highest BCUT2D eigenvalue weighted by molar-refractivity contribution is 5.40. The number of nitrogens with two attached hydrogens (primary N) is 1. The molecule has 0 aromatic carbocycles. The summed E-state index contributed by atoms with van der Waals surface area (Å²) >= 11 is 0. The first kappa shape index (κ1) is 11.1. The maximum Gasteiger partial charge on any atom is 0.239 e. The molecule has 1 aromatic heterocycles. The first-order chi connectivity index (χ1) is 7.79. The lowest BCUT2D eigenvalue weighted by Gasteiger charge is -2.28. The Labute approximate surface area is 94.3 Å². The smallest absolute Gasteiger partial charge is 0.239 e. The molecule has 0 aliphatic heterocycles. The second-order valence-corrected chi connectivity index (χ2v) is 4.01. The van der Waals surface area contributed by atoms with Crippen LogP contribution < -0.4 is 16.6 Å². The summed E-state index contributed by atoms with van der Waals surface area (Å²) in [6, 6.07) is 1.84. The van der Waals surface area contributed by atoms with E-state index in [4.69, 9.17) is 5.84 Å². The average Bonchev–Trinajstić information content (AvgIpc) is 2.32. The number of nitrogen functional groups attached to an aromatic ring is 1. The molecule has 6 heteroatoms. The van der Waals surface area contributed by atoms with E-state index in [1.807, 2.05) is 0 Å². The highest BCUT2D eigenvalue weighted by atomic mass is 16.3. The molecular formula is C10H17N5O. The molecule has 5 N–H and O–H groups in total. The van der Waals surface area contributed by atoms with E-state index >= 15 is 0 Å². The van der Waals surface area contributed by atoms with Crippen molar-refractivity contribution in [1.29, 1.82) is 0 Å². The summed E-state index contributed by atoms with van der Waals surface area (Å²) in [7, 11) is 0. The zero-order valence-electron chi connectivity index (χ0n) is 9.06. The van der Waals surface area contributed by atoms with Gasteiger partial charge in [0, 0.05) is 6.20 Å². The van der Waals surface area contributed by atoms with Crippen LogP contribution >= 0.6 is 0 Å². The van der Waals surface area contributed by atoms with Gasteiger partial charge in [0.15, 0.2) is 0 Å². The van der Waals surface area contributed by atoms with E-state index in [-0.39, 0.29) is 12.1 Å². The molecular weight excluding hydrogens is 206 g/mol. The molecule has 2 atom stereocenters. The topological polar surface area (TPSA) is 96.1 Å². The van der Waals surface area contributed by atoms with Gasteiger partial charge in [-0.15, -0.1) is 0 Å². The Morgan fingerprint density at radius 3 is 2.94 bits per heavy atom. The van der Waals surface area contributed by atoms with Crippen molar-refractivity contribution in [2.24, 2.45) is 5.84 Å². The maximum atomic E-state index is 9.81. The van der Waals surface area contributed by atoms with Gasteiger partial charge >= 0.3 is 0 Å². The normalized spacial score (nSPS) is 25.1. The standard InChI is InChI=1S/C10H17N5O/c11-15-10-12-6-5-9(14-10)13-7-3-1-2-4-8(7)16/h5-8,16H,1-4,11H2,(H2,12,13,14,15). The minimum absolute atomic E-state index is 0.0780. The number of hydrogen-bond acceptors (Lipinski definition) is 6. The van der Waals surface area contributed by atoms with Crippen molar-refractivity contribution >= 4 is 11.8 Å². The molecule has 0 radical (unpaired) electrons. The third kappa shape index (κ3) is 2.59. The van der Waals surface area contributed by atoms with Crippen molar-refractivity contribution < 1.29 is 5.11 Å². The molecule has 1 aliphatic rings. The number of anilines is 2. The highest BCUT2D eigenvalue weighted by Crippen LogP contribution is 2.21. The summed E-state index contributed by atoms with van der Waals surface area (Å²) in [4.78, 5) is 8.07.